The molecule has 3 aromatic carbocycles. The molecule has 10 heteroatoms. The summed E-state index contributed by atoms with van der Waals surface area (Å²) in [4.78, 5) is 28.4. The Morgan fingerprint density at radius 2 is 1.49 bits per heavy atom. The van der Waals surface area contributed by atoms with E-state index >= 15 is 0 Å². The van der Waals surface area contributed by atoms with E-state index in [0.29, 0.717) is 22.5 Å². The zero-order valence-corrected chi connectivity index (χ0v) is 25.8. The predicted molar refractivity (Wildman–Crippen MR) is 174 cm³/mol. The number of hydrogen-bond donors (Lipinski definition) is 3. The number of hydrogen-bond acceptors (Lipinski definition) is 6. The molecule has 2 fully saturated rings. The van der Waals surface area contributed by atoms with E-state index in [9.17, 15) is 9.59 Å². The minimum atomic E-state index is -0.775. The summed E-state index contributed by atoms with van der Waals surface area (Å²) in [6, 6.07) is 20.8. The lowest BCUT2D eigenvalue weighted by Crippen LogP contribution is -2.47. The van der Waals surface area contributed by atoms with Crippen molar-refractivity contribution in [1.82, 2.24) is 15.1 Å². The predicted octanol–water partition coefficient (Wildman–Crippen LogP) is 5.44. The van der Waals surface area contributed by atoms with Crippen LogP contribution in [-0.2, 0) is 22.7 Å². The summed E-state index contributed by atoms with van der Waals surface area (Å²) in [5, 5.41) is 16.7. The lowest BCUT2D eigenvalue weighted by atomic mass is 9.95. The minimum absolute atomic E-state index is 0.0999. The van der Waals surface area contributed by atoms with E-state index in [1.54, 1.807) is 6.07 Å². The largest absolute Gasteiger partial charge is 0.480 e. The minimum Gasteiger partial charge on any atom is -0.480 e. The lowest BCUT2D eigenvalue weighted by molar-refractivity contribution is -0.138. The molecule has 0 unspecified atom stereocenters. The zero-order valence-electron chi connectivity index (χ0n) is 24.3. The van der Waals surface area contributed by atoms with Gasteiger partial charge in [-0.3, -0.25) is 19.4 Å². The van der Waals surface area contributed by atoms with Crippen LogP contribution >= 0.6 is 23.2 Å². The third-order valence-electron chi connectivity index (χ3n) is 8.31. The molecule has 0 radical (unpaired) electrons. The molecule has 3 aromatic rings. The van der Waals surface area contributed by atoms with Gasteiger partial charge < -0.3 is 20.6 Å². The summed E-state index contributed by atoms with van der Waals surface area (Å²) in [5.41, 5.74) is 6.68. The van der Waals surface area contributed by atoms with Crippen LogP contribution in [0.2, 0.25) is 10.0 Å². The molecule has 2 aliphatic heterocycles. The number of aliphatic carboxylic acids is 1. The average molecular weight is 625 g/mol. The van der Waals surface area contributed by atoms with E-state index in [1.807, 2.05) is 17.0 Å². The molecule has 0 spiro atoms. The van der Waals surface area contributed by atoms with Crippen LogP contribution < -0.4 is 15.5 Å². The maximum Gasteiger partial charge on any atom is 0.317 e. The molecule has 5 rings (SSSR count). The fourth-order valence-corrected chi connectivity index (χ4v) is 6.54. The summed E-state index contributed by atoms with van der Waals surface area (Å²) in [5.74, 6) is -0.239. The summed E-state index contributed by atoms with van der Waals surface area (Å²) in [7, 11) is 0. The van der Waals surface area contributed by atoms with E-state index in [1.165, 1.54) is 11.1 Å². The molecule has 2 heterocycles. The molecule has 0 saturated carbocycles. The Hall–Kier alpha value is -3.30. The number of carboxylic acid groups (broad SMARTS) is 1. The summed E-state index contributed by atoms with van der Waals surface area (Å²) in [6.07, 6.45) is 2.94. The molecule has 0 aromatic heterocycles. The van der Waals surface area contributed by atoms with Gasteiger partial charge >= 0.3 is 5.97 Å². The summed E-state index contributed by atoms with van der Waals surface area (Å²) < 4.78 is 0. The van der Waals surface area contributed by atoms with Crippen LogP contribution in [0.1, 0.15) is 24.0 Å². The van der Waals surface area contributed by atoms with E-state index in [4.69, 9.17) is 28.3 Å². The maximum absolute atomic E-state index is 11.0. The number of halogens is 2. The smallest absolute Gasteiger partial charge is 0.317 e. The molecule has 0 aliphatic carbocycles. The van der Waals surface area contributed by atoms with Crippen molar-refractivity contribution >= 4 is 47.0 Å². The van der Waals surface area contributed by atoms with Crippen molar-refractivity contribution in [2.75, 3.05) is 62.6 Å². The van der Waals surface area contributed by atoms with Crippen molar-refractivity contribution in [3.63, 3.8) is 0 Å². The van der Waals surface area contributed by atoms with Crippen LogP contribution in [-0.4, -0.2) is 79.6 Å². The highest BCUT2D eigenvalue weighted by Gasteiger charge is 2.20. The molecule has 0 bridgehead atoms. The Balaban J connectivity index is 1.25. The van der Waals surface area contributed by atoms with Gasteiger partial charge in [0.2, 0.25) is 6.41 Å². The first kappa shape index (κ1) is 31.1. The second-order valence-corrected chi connectivity index (χ2v) is 12.4. The maximum atomic E-state index is 11.0. The van der Waals surface area contributed by atoms with Gasteiger partial charge in [0, 0.05) is 67.2 Å². The molecule has 2 saturated heterocycles. The molecule has 228 valence electrons. The third kappa shape index (κ3) is 9.10. The normalized spacial score (nSPS) is 16.7. The number of benzene rings is 3. The van der Waals surface area contributed by atoms with Crippen LogP contribution in [0.3, 0.4) is 0 Å². The van der Waals surface area contributed by atoms with Crippen molar-refractivity contribution in [1.29, 1.82) is 0 Å². The molecular formula is C33H39Cl2N5O3. The molecule has 1 amide bonds. The Morgan fingerprint density at radius 3 is 2.14 bits per heavy atom. The number of nitrogens with zero attached hydrogens (tertiary/aromatic N) is 3. The van der Waals surface area contributed by atoms with Crippen LogP contribution in [0.4, 0.5) is 11.4 Å². The Kier molecular flexibility index (Phi) is 10.8. The Bertz CT molecular complexity index is 1370. The Morgan fingerprint density at radius 1 is 0.837 bits per heavy atom. The first-order valence-electron chi connectivity index (χ1n) is 14.9. The quantitative estimate of drug-likeness (QED) is 0.232. The summed E-state index contributed by atoms with van der Waals surface area (Å²) in [6.45, 7) is 7.52. The molecular weight excluding hydrogens is 585 g/mol. The van der Waals surface area contributed by atoms with Crippen LogP contribution in [0, 0.1) is 5.92 Å². The number of piperidine rings is 1. The van der Waals surface area contributed by atoms with Crippen LogP contribution in [0.25, 0.3) is 11.1 Å². The first-order valence-corrected chi connectivity index (χ1v) is 15.6. The second-order valence-electron chi connectivity index (χ2n) is 11.5. The molecule has 8 nitrogen and oxygen atoms in total. The number of anilines is 2. The van der Waals surface area contributed by atoms with Gasteiger partial charge in [-0.25, -0.2) is 0 Å². The topological polar surface area (TPSA) is 88.2 Å². The van der Waals surface area contributed by atoms with Gasteiger partial charge in [0.1, 0.15) is 0 Å². The number of rotatable bonds is 12. The highest BCUT2D eigenvalue weighted by molar-refractivity contribution is 6.35. The van der Waals surface area contributed by atoms with Gasteiger partial charge in [0.05, 0.1) is 6.54 Å². The lowest BCUT2D eigenvalue weighted by Gasteiger charge is -2.35. The standard InChI is InChI=1S/C33H39Cl2N5O3/c34-29-16-28(17-30(35)18-29)27-14-25(13-26(15-27)21-38-7-5-24(6-8-38)19-36-23-41)20-37-31-1-3-32(4-2-31)40-11-9-39(10-12-40)22-33(42)43/h1-4,13-18,23-24,37H,5-12,19-22H2,(H,36,41)(H,42,43). The fourth-order valence-electron chi connectivity index (χ4n) is 6.01. The van der Waals surface area contributed by atoms with Gasteiger partial charge in [0.15, 0.2) is 0 Å². The summed E-state index contributed by atoms with van der Waals surface area (Å²) >= 11 is 12.7. The number of likely N-dealkylation sites (tertiary alicyclic amines) is 1. The number of carbonyl (C=O) groups is 2. The highest BCUT2D eigenvalue weighted by atomic mass is 35.5. The molecule has 2 aliphatic rings. The zero-order chi connectivity index (χ0) is 30.2. The van der Waals surface area contributed by atoms with Crippen LogP contribution in [0.15, 0.2) is 60.7 Å². The monoisotopic (exact) mass is 623 g/mol. The highest BCUT2D eigenvalue weighted by Crippen LogP contribution is 2.30. The number of carboxylic acids is 1. The number of piperazine rings is 1. The van der Waals surface area contributed by atoms with Gasteiger partial charge in [-0.05, 0) is 109 Å². The number of carbonyl (C=O) groups excluding carboxylic acids is 1. The average Bonchev–Trinajstić information content (AvgIpc) is 2.99. The Labute approximate surface area is 263 Å². The van der Waals surface area contributed by atoms with Crippen molar-refractivity contribution in [2.45, 2.75) is 25.9 Å². The molecule has 0 atom stereocenters. The number of nitrogens with one attached hydrogen (secondary N) is 2. The van der Waals surface area contributed by atoms with Crippen molar-refractivity contribution < 1.29 is 14.7 Å². The van der Waals surface area contributed by atoms with Crippen molar-refractivity contribution in [3.8, 4) is 11.1 Å². The van der Waals surface area contributed by atoms with E-state index in [2.05, 4.69) is 62.9 Å². The third-order valence-corrected chi connectivity index (χ3v) is 8.75. The van der Waals surface area contributed by atoms with Gasteiger partial charge in [-0.1, -0.05) is 29.3 Å². The molecule has 43 heavy (non-hydrogen) atoms. The van der Waals surface area contributed by atoms with Crippen molar-refractivity contribution in [2.24, 2.45) is 5.92 Å². The van der Waals surface area contributed by atoms with E-state index in [-0.39, 0.29) is 6.54 Å². The van der Waals surface area contributed by atoms with Gasteiger partial charge in [-0.15, -0.1) is 0 Å². The van der Waals surface area contributed by atoms with Crippen LogP contribution in [0.5, 0.6) is 0 Å². The van der Waals surface area contributed by atoms with Crippen molar-refractivity contribution in [3.05, 3.63) is 81.8 Å². The SMILES string of the molecule is O=CNCC1CCN(Cc2cc(CNc3ccc(N4CCN(CC(=O)O)CC4)cc3)cc(-c3cc(Cl)cc(Cl)c3)c2)CC1. The second kappa shape index (κ2) is 14.9. The van der Waals surface area contributed by atoms with E-state index in [0.717, 1.165) is 94.1 Å². The number of amides is 1. The fraction of sp³-hybridized carbons (Fsp3) is 0.394. The van der Waals surface area contributed by atoms with Gasteiger partial charge in [-0.2, -0.15) is 0 Å². The van der Waals surface area contributed by atoms with E-state index < -0.39 is 5.97 Å². The van der Waals surface area contributed by atoms with Gasteiger partial charge in [0.25, 0.3) is 0 Å². The molecule has 3 N–H and O–H groups in total. The first-order chi connectivity index (χ1) is 20.8.